The molecule has 2 aliphatic heterocycles. The zero-order chi connectivity index (χ0) is 14.7. The first kappa shape index (κ1) is 17.4. The molecule has 1 aromatic carbocycles. The Hall–Kier alpha value is -0.970. The average Bonchev–Trinajstić information content (AvgIpc) is 2.86. The molecule has 3 rings (SSSR count). The molecule has 0 saturated carbocycles. The average molecular weight is 327 g/mol. The first-order valence-electron chi connectivity index (χ1n) is 7.98. The number of methoxy groups -OCH3 is 1. The van der Waals surface area contributed by atoms with Gasteiger partial charge in [0, 0.05) is 24.7 Å². The Morgan fingerprint density at radius 2 is 1.77 bits per heavy atom. The highest BCUT2D eigenvalue weighted by atomic mass is 35.5. The number of rotatable bonds is 6. The van der Waals surface area contributed by atoms with Crippen molar-refractivity contribution in [1.29, 1.82) is 0 Å². The van der Waals surface area contributed by atoms with E-state index in [1.807, 2.05) is 24.3 Å². The first-order valence-corrected chi connectivity index (χ1v) is 7.98. The van der Waals surface area contributed by atoms with E-state index < -0.39 is 0 Å². The number of likely N-dealkylation sites (N-methyl/N-ethyl adjacent to an activating group) is 1. The van der Waals surface area contributed by atoms with E-state index in [0.717, 1.165) is 30.1 Å². The Morgan fingerprint density at radius 3 is 2.41 bits per heavy atom. The number of halogens is 1. The molecule has 124 valence electrons. The van der Waals surface area contributed by atoms with Gasteiger partial charge in [-0.2, -0.15) is 0 Å². The van der Waals surface area contributed by atoms with Crippen molar-refractivity contribution in [2.75, 3.05) is 27.3 Å². The molecule has 0 spiro atoms. The summed E-state index contributed by atoms with van der Waals surface area (Å²) < 4.78 is 11.2. The Kier molecular flexibility index (Phi) is 6.36. The van der Waals surface area contributed by atoms with Crippen molar-refractivity contribution in [3.63, 3.8) is 0 Å². The molecule has 2 atom stereocenters. The van der Waals surface area contributed by atoms with Crippen molar-refractivity contribution in [2.45, 2.75) is 43.8 Å². The molecule has 2 aliphatic rings. The Balaban J connectivity index is 0.00000176. The van der Waals surface area contributed by atoms with Crippen LogP contribution in [0, 0.1) is 0 Å². The summed E-state index contributed by atoms with van der Waals surface area (Å²) in [6, 6.07) is 10.0. The van der Waals surface area contributed by atoms with Gasteiger partial charge in [-0.1, -0.05) is 12.1 Å². The molecule has 2 unspecified atom stereocenters. The smallest absolute Gasteiger partial charge is 0.161 e. The molecule has 1 N–H and O–H groups in total. The second kappa shape index (κ2) is 8.04. The topological polar surface area (TPSA) is 33.7 Å². The van der Waals surface area contributed by atoms with Crippen molar-refractivity contribution in [3.8, 4) is 11.5 Å². The van der Waals surface area contributed by atoms with Crippen LogP contribution < -0.4 is 14.8 Å². The van der Waals surface area contributed by atoms with Gasteiger partial charge in [0.05, 0.1) is 7.11 Å². The minimum atomic E-state index is 0. The molecular weight excluding hydrogens is 300 g/mol. The third kappa shape index (κ3) is 4.06. The maximum absolute atomic E-state index is 5.88. The molecule has 0 radical (unpaired) electrons. The fourth-order valence-corrected chi connectivity index (χ4v) is 3.61. The normalized spacial score (nSPS) is 26.6. The van der Waals surface area contributed by atoms with Crippen LogP contribution >= 0.6 is 12.4 Å². The minimum absolute atomic E-state index is 0. The predicted octanol–water partition coefficient (Wildman–Crippen LogP) is 2.71. The summed E-state index contributed by atoms with van der Waals surface area (Å²) in [4.78, 5) is 2.46. The van der Waals surface area contributed by atoms with Gasteiger partial charge in [0.15, 0.2) is 11.5 Å². The second-order valence-electron chi connectivity index (χ2n) is 6.24. The fourth-order valence-electron chi connectivity index (χ4n) is 3.61. The van der Waals surface area contributed by atoms with Crippen LogP contribution in [0.2, 0.25) is 0 Å². The molecule has 5 heteroatoms. The van der Waals surface area contributed by atoms with Crippen molar-refractivity contribution >= 4 is 12.4 Å². The van der Waals surface area contributed by atoms with Crippen LogP contribution in [0.25, 0.3) is 0 Å². The van der Waals surface area contributed by atoms with Gasteiger partial charge in [0.1, 0.15) is 6.61 Å². The molecular formula is C17H27ClN2O2. The summed E-state index contributed by atoms with van der Waals surface area (Å²) in [6.45, 7) is 1.66. The van der Waals surface area contributed by atoms with Crippen molar-refractivity contribution < 1.29 is 9.47 Å². The zero-order valence-electron chi connectivity index (χ0n) is 13.5. The van der Waals surface area contributed by atoms with Crippen LogP contribution in [-0.2, 0) is 0 Å². The largest absolute Gasteiger partial charge is 0.493 e. The van der Waals surface area contributed by atoms with E-state index in [9.17, 15) is 0 Å². The first-order chi connectivity index (χ1) is 10.3. The third-order valence-corrected chi connectivity index (χ3v) is 4.84. The minimum Gasteiger partial charge on any atom is -0.493 e. The maximum Gasteiger partial charge on any atom is 0.161 e. The lowest BCUT2D eigenvalue weighted by atomic mass is 9.99. The van der Waals surface area contributed by atoms with Crippen molar-refractivity contribution in [3.05, 3.63) is 24.3 Å². The van der Waals surface area contributed by atoms with E-state index in [-0.39, 0.29) is 12.4 Å². The SMILES string of the molecule is COc1ccccc1OCCN(C)C1CC2CCC(C1)N2.Cl. The molecule has 2 saturated heterocycles. The summed E-state index contributed by atoms with van der Waals surface area (Å²) in [5.41, 5.74) is 0. The van der Waals surface area contributed by atoms with Crippen molar-refractivity contribution in [2.24, 2.45) is 0 Å². The van der Waals surface area contributed by atoms with Gasteiger partial charge >= 0.3 is 0 Å². The number of benzene rings is 1. The number of nitrogens with zero attached hydrogens (tertiary/aromatic N) is 1. The number of hydrogen-bond acceptors (Lipinski definition) is 4. The number of hydrogen-bond donors (Lipinski definition) is 1. The lowest BCUT2D eigenvalue weighted by Crippen LogP contribution is -2.47. The Labute approximate surface area is 139 Å². The van der Waals surface area contributed by atoms with E-state index in [4.69, 9.17) is 9.47 Å². The van der Waals surface area contributed by atoms with Gasteiger partial charge in [-0.3, -0.25) is 4.90 Å². The lowest BCUT2D eigenvalue weighted by Gasteiger charge is -2.35. The standard InChI is InChI=1S/C17H26N2O2.ClH/c1-19(15-11-13-7-8-14(12-15)18-13)9-10-21-17-6-4-3-5-16(17)20-2;/h3-6,13-15,18H,7-12H2,1-2H3;1H. The van der Waals surface area contributed by atoms with Crippen LogP contribution in [0.15, 0.2) is 24.3 Å². The van der Waals surface area contributed by atoms with Crippen LogP contribution in [0.1, 0.15) is 25.7 Å². The molecule has 22 heavy (non-hydrogen) atoms. The molecule has 2 bridgehead atoms. The molecule has 0 aromatic heterocycles. The van der Waals surface area contributed by atoms with Crippen molar-refractivity contribution in [1.82, 2.24) is 10.2 Å². The summed E-state index contributed by atoms with van der Waals surface area (Å²) in [6.07, 6.45) is 5.27. The number of para-hydroxylation sites is 2. The highest BCUT2D eigenvalue weighted by Crippen LogP contribution is 2.29. The van der Waals surface area contributed by atoms with E-state index in [1.165, 1.54) is 25.7 Å². The summed E-state index contributed by atoms with van der Waals surface area (Å²) in [7, 11) is 3.90. The Morgan fingerprint density at radius 1 is 1.14 bits per heavy atom. The van der Waals surface area contributed by atoms with Crippen LogP contribution in [0.5, 0.6) is 11.5 Å². The van der Waals surface area contributed by atoms with Gasteiger partial charge < -0.3 is 14.8 Å². The van der Waals surface area contributed by atoms with E-state index in [2.05, 4.69) is 17.3 Å². The van der Waals surface area contributed by atoms with Crippen LogP contribution in [-0.4, -0.2) is 50.3 Å². The number of ether oxygens (including phenoxy) is 2. The number of piperidine rings is 1. The monoisotopic (exact) mass is 326 g/mol. The second-order valence-corrected chi connectivity index (χ2v) is 6.24. The molecule has 0 amide bonds. The predicted molar refractivity (Wildman–Crippen MR) is 91.3 cm³/mol. The molecule has 2 fully saturated rings. The van der Waals surface area contributed by atoms with Gasteiger partial charge in [0.25, 0.3) is 0 Å². The van der Waals surface area contributed by atoms with Crippen LogP contribution in [0.3, 0.4) is 0 Å². The quantitative estimate of drug-likeness (QED) is 0.871. The van der Waals surface area contributed by atoms with E-state index in [1.54, 1.807) is 7.11 Å². The van der Waals surface area contributed by atoms with Gasteiger partial charge in [-0.15, -0.1) is 12.4 Å². The van der Waals surface area contributed by atoms with Gasteiger partial charge in [-0.25, -0.2) is 0 Å². The van der Waals surface area contributed by atoms with Gasteiger partial charge in [0.2, 0.25) is 0 Å². The number of nitrogens with one attached hydrogen (secondary N) is 1. The third-order valence-electron chi connectivity index (χ3n) is 4.84. The highest BCUT2D eigenvalue weighted by Gasteiger charge is 2.34. The highest BCUT2D eigenvalue weighted by molar-refractivity contribution is 5.85. The Bertz CT molecular complexity index is 460. The van der Waals surface area contributed by atoms with Gasteiger partial charge in [-0.05, 0) is 44.9 Å². The molecule has 0 aliphatic carbocycles. The molecule has 4 nitrogen and oxygen atoms in total. The maximum atomic E-state index is 5.88. The zero-order valence-corrected chi connectivity index (χ0v) is 14.3. The summed E-state index contributed by atoms with van der Waals surface area (Å²) in [5.74, 6) is 1.64. The lowest BCUT2D eigenvalue weighted by molar-refractivity contribution is 0.145. The van der Waals surface area contributed by atoms with E-state index in [0.29, 0.717) is 12.6 Å². The van der Waals surface area contributed by atoms with E-state index >= 15 is 0 Å². The van der Waals surface area contributed by atoms with Crippen LogP contribution in [0.4, 0.5) is 0 Å². The summed E-state index contributed by atoms with van der Waals surface area (Å²) >= 11 is 0. The summed E-state index contributed by atoms with van der Waals surface area (Å²) in [5, 5.41) is 3.70. The fraction of sp³-hybridized carbons (Fsp3) is 0.647. The molecule has 1 aromatic rings. The number of fused-ring (bicyclic) bond motifs is 2. The molecule has 2 heterocycles.